The summed E-state index contributed by atoms with van der Waals surface area (Å²) in [5.41, 5.74) is 5.98. The van der Waals surface area contributed by atoms with Gasteiger partial charge in [-0.25, -0.2) is 0 Å². The van der Waals surface area contributed by atoms with Gasteiger partial charge in [0, 0.05) is 17.6 Å². The molecular formula is C14H22N2O2. The number of hydrogen-bond donors (Lipinski definition) is 2. The number of carbonyl (C=O) groups is 1. The Bertz CT molecular complexity index is 409. The van der Waals surface area contributed by atoms with Crippen molar-refractivity contribution >= 4 is 5.91 Å². The number of amides is 1. The molecule has 0 radical (unpaired) electrons. The molecule has 0 heterocycles. The van der Waals surface area contributed by atoms with Crippen molar-refractivity contribution in [1.82, 2.24) is 5.32 Å². The fourth-order valence-corrected chi connectivity index (χ4v) is 1.39. The van der Waals surface area contributed by atoms with Crippen LogP contribution in [0.15, 0.2) is 24.3 Å². The number of hydrogen-bond acceptors (Lipinski definition) is 3. The minimum atomic E-state index is -0.415. The molecule has 0 aliphatic carbocycles. The van der Waals surface area contributed by atoms with Crippen molar-refractivity contribution in [2.24, 2.45) is 5.73 Å². The zero-order chi connectivity index (χ0) is 13.8. The molecule has 0 aromatic heterocycles. The van der Waals surface area contributed by atoms with Gasteiger partial charge < -0.3 is 15.8 Å². The van der Waals surface area contributed by atoms with E-state index in [-0.39, 0.29) is 12.0 Å². The number of nitrogens with one attached hydrogen (secondary N) is 1. The molecule has 1 rings (SSSR count). The largest absolute Gasteiger partial charge is 0.491 e. The lowest BCUT2D eigenvalue weighted by atomic mass is 10.1. The molecule has 1 aromatic carbocycles. The van der Waals surface area contributed by atoms with Crippen molar-refractivity contribution in [2.45, 2.75) is 39.3 Å². The van der Waals surface area contributed by atoms with E-state index in [9.17, 15) is 4.79 Å². The van der Waals surface area contributed by atoms with Gasteiger partial charge in [-0.1, -0.05) is 6.07 Å². The van der Waals surface area contributed by atoms with Crippen molar-refractivity contribution in [3.63, 3.8) is 0 Å². The Morgan fingerprint density at radius 1 is 1.44 bits per heavy atom. The van der Waals surface area contributed by atoms with Crippen LogP contribution in [0.2, 0.25) is 0 Å². The predicted octanol–water partition coefficient (Wildman–Crippen LogP) is 1.94. The van der Waals surface area contributed by atoms with Gasteiger partial charge in [0.05, 0.1) is 6.10 Å². The molecule has 1 amide bonds. The molecule has 0 fully saturated rings. The Labute approximate surface area is 109 Å². The highest BCUT2D eigenvalue weighted by Crippen LogP contribution is 2.14. The number of ether oxygens (including phenoxy) is 1. The quantitative estimate of drug-likeness (QED) is 0.839. The van der Waals surface area contributed by atoms with Gasteiger partial charge in [0.25, 0.3) is 5.91 Å². The molecule has 0 unspecified atom stereocenters. The van der Waals surface area contributed by atoms with Gasteiger partial charge >= 0.3 is 0 Å². The summed E-state index contributed by atoms with van der Waals surface area (Å²) < 4.78 is 5.55. The molecule has 100 valence electrons. The van der Waals surface area contributed by atoms with Crippen LogP contribution in [0.1, 0.15) is 38.1 Å². The normalized spacial score (nSPS) is 11.4. The first-order chi connectivity index (χ1) is 8.28. The summed E-state index contributed by atoms with van der Waals surface area (Å²) in [6.07, 6.45) is 0.0892. The lowest BCUT2D eigenvalue weighted by Crippen LogP contribution is -2.45. The first-order valence-electron chi connectivity index (χ1n) is 6.12. The van der Waals surface area contributed by atoms with Crippen LogP contribution in [0, 0.1) is 0 Å². The highest BCUT2D eigenvalue weighted by molar-refractivity contribution is 5.94. The van der Waals surface area contributed by atoms with Gasteiger partial charge in [-0.05, 0) is 45.9 Å². The first-order valence-corrected chi connectivity index (χ1v) is 6.12. The van der Waals surface area contributed by atoms with Crippen LogP contribution in [0.4, 0.5) is 0 Å². The molecule has 0 atom stereocenters. The van der Waals surface area contributed by atoms with Crippen molar-refractivity contribution in [3.05, 3.63) is 29.8 Å². The molecule has 0 spiro atoms. The lowest BCUT2D eigenvalue weighted by Gasteiger charge is -2.19. The maximum atomic E-state index is 11.9. The topological polar surface area (TPSA) is 64.3 Å². The van der Waals surface area contributed by atoms with Crippen molar-refractivity contribution in [1.29, 1.82) is 0 Å². The van der Waals surface area contributed by atoms with Crippen LogP contribution in [0.3, 0.4) is 0 Å². The summed E-state index contributed by atoms with van der Waals surface area (Å²) in [6, 6.07) is 7.13. The fraction of sp³-hybridized carbons (Fsp3) is 0.500. The van der Waals surface area contributed by atoms with E-state index in [4.69, 9.17) is 10.5 Å². The summed E-state index contributed by atoms with van der Waals surface area (Å²) in [5, 5.41) is 2.80. The maximum Gasteiger partial charge on any atom is 0.251 e. The second-order valence-electron chi connectivity index (χ2n) is 5.37. The first kappa shape index (κ1) is 14.5. The Morgan fingerprint density at radius 3 is 2.67 bits per heavy atom. The average Bonchev–Trinajstić information content (AvgIpc) is 2.24. The highest BCUT2D eigenvalue weighted by Gasteiger charge is 2.13. The third-order valence-electron chi connectivity index (χ3n) is 2.17. The molecule has 0 saturated heterocycles. The van der Waals surface area contributed by atoms with E-state index >= 15 is 0 Å². The fourth-order valence-electron chi connectivity index (χ4n) is 1.39. The monoisotopic (exact) mass is 250 g/mol. The van der Waals surface area contributed by atoms with Gasteiger partial charge in [-0.3, -0.25) is 4.79 Å². The minimum Gasteiger partial charge on any atom is -0.491 e. The van der Waals surface area contributed by atoms with Crippen molar-refractivity contribution in [2.75, 3.05) is 6.54 Å². The number of nitrogens with two attached hydrogens (primary N) is 1. The highest BCUT2D eigenvalue weighted by atomic mass is 16.5. The summed E-state index contributed by atoms with van der Waals surface area (Å²) in [4.78, 5) is 11.9. The van der Waals surface area contributed by atoms with Crippen molar-refractivity contribution in [3.8, 4) is 5.75 Å². The molecule has 0 saturated carbocycles. The molecular weight excluding hydrogens is 228 g/mol. The number of carbonyl (C=O) groups excluding carboxylic acids is 1. The van der Waals surface area contributed by atoms with Crippen LogP contribution < -0.4 is 15.8 Å². The smallest absolute Gasteiger partial charge is 0.251 e. The van der Waals surface area contributed by atoms with Crippen LogP contribution in [0.5, 0.6) is 5.75 Å². The third kappa shape index (κ3) is 5.19. The van der Waals surface area contributed by atoms with E-state index in [0.717, 1.165) is 0 Å². The van der Waals surface area contributed by atoms with Gasteiger partial charge in [0.1, 0.15) is 5.75 Å². The summed E-state index contributed by atoms with van der Waals surface area (Å²) in [7, 11) is 0. The van der Waals surface area contributed by atoms with Crippen LogP contribution in [-0.4, -0.2) is 24.1 Å². The van der Waals surface area contributed by atoms with Gasteiger partial charge in [-0.2, -0.15) is 0 Å². The average molecular weight is 250 g/mol. The Balaban J connectivity index is 2.68. The van der Waals surface area contributed by atoms with E-state index in [1.165, 1.54) is 0 Å². The van der Waals surface area contributed by atoms with E-state index < -0.39 is 5.54 Å². The molecule has 0 aliphatic heterocycles. The van der Waals surface area contributed by atoms with Gasteiger partial charge in [0.15, 0.2) is 0 Å². The van der Waals surface area contributed by atoms with Crippen LogP contribution in [-0.2, 0) is 0 Å². The van der Waals surface area contributed by atoms with Crippen LogP contribution in [0.25, 0.3) is 0 Å². The van der Waals surface area contributed by atoms with E-state index in [1.807, 2.05) is 33.8 Å². The third-order valence-corrected chi connectivity index (χ3v) is 2.17. The standard InChI is InChI=1S/C14H22N2O2/c1-10(2)18-12-7-5-6-11(8-12)13(17)16-9-14(3,4)15/h5-8,10H,9,15H2,1-4H3,(H,16,17). The van der Waals surface area contributed by atoms with Gasteiger partial charge in [-0.15, -0.1) is 0 Å². The van der Waals surface area contributed by atoms with Crippen LogP contribution >= 0.6 is 0 Å². The summed E-state index contributed by atoms with van der Waals surface area (Å²) >= 11 is 0. The Kier molecular flexibility index (Phi) is 4.73. The molecule has 0 bridgehead atoms. The molecule has 0 aliphatic rings. The van der Waals surface area contributed by atoms with E-state index in [1.54, 1.807) is 18.2 Å². The summed E-state index contributed by atoms with van der Waals surface area (Å²) in [5.74, 6) is 0.562. The van der Waals surface area contributed by atoms with E-state index in [2.05, 4.69) is 5.32 Å². The number of rotatable bonds is 5. The van der Waals surface area contributed by atoms with Gasteiger partial charge in [0.2, 0.25) is 0 Å². The number of benzene rings is 1. The Morgan fingerprint density at radius 2 is 2.11 bits per heavy atom. The zero-order valence-electron chi connectivity index (χ0n) is 11.5. The lowest BCUT2D eigenvalue weighted by molar-refractivity contribution is 0.0945. The molecule has 4 nitrogen and oxygen atoms in total. The second-order valence-corrected chi connectivity index (χ2v) is 5.37. The Hall–Kier alpha value is -1.55. The molecule has 18 heavy (non-hydrogen) atoms. The predicted molar refractivity (Wildman–Crippen MR) is 72.8 cm³/mol. The summed E-state index contributed by atoms with van der Waals surface area (Å²) in [6.45, 7) is 8.06. The molecule has 3 N–H and O–H groups in total. The van der Waals surface area contributed by atoms with E-state index in [0.29, 0.717) is 17.9 Å². The SMILES string of the molecule is CC(C)Oc1cccc(C(=O)NCC(C)(C)N)c1. The maximum absolute atomic E-state index is 11.9. The molecule has 1 aromatic rings. The molecule has 4 heteroatoms. The van der Waals surface area contributed by atoms with Crippen molar-refractivity contribution < 1.29 is 9.53 Å². The zero-order valence-corrected chi connectivity index (χ0v) is 11.5. The second kappa shape index (κ2) is 5.87. The minimum absolute atomic E-state index is 0.0892.